The van der Waals surface area contributed by atoms with Gasteiger partial charge in [-0.2, -0.15) is 0 Å². The third kappa shape index (κ3) is 3.70. The second-order valence-corrected chi connectivity index (χ2v) is 5.00. The number of amides is 1. The maximum Gasteiger partial charge on any atom is 0.257 e. The summed E-state index contributed by atoms with van der Waals surface area (Å²) in [5.41, 5.74) is 8.44. The summed E-state index contributed by atoms with van der Waals surface area (Å²) in [5, 5.41) is 2.83. The van der Waals surface area contributed by atoms with Crippen LogP contribution in [0.2, 0.25) is 0 Å². The van der Waals surface area contributed by atoms with Crippen LogP contribution in [-0.4, -0.2) is 19.1 Å². The van der Waals surface area contributed by atoms with Gasteiger partial charge in [-0.15, -0.1) is 0 Å². The van der Waals surface area contributed by atoms with Gasteiger partial charge < -0.3 is 15.8 Å². The number of hydrogen-bond acceptors (Lipinski definition) is 3. The summed E-state index contributed by atoms with van der Waals surface area (Å²) in [5.74, 6) is 0.684. The maximum absolute atomic E-state index is 11.5. The molecule has 4 heteroatoms. The Kier molecular flexibility index (Phi) is 4.80. The Labute approximate surface area is 114 Å². The molecule has 1 atom stereocenters. The summed E-state index contributed by atoms with van der Waals surface area (Å²) in [7, 11) is 0. The lowest BCUT2D eigenvalue weighted by Crippen LogP contribution is -2.29. The molecule has 1 aromatic carbocycles. The average Bonchev–Trinajstić information content (AvgIpc) is 2.78. The fourth-order valence-electron chi connectivity index (χ4n) is 2.32. The molecule has 104 valence electrons. The highest BCUT2D eigenvalue weighted by Crippen LogP contribution is 2.31. The summed E-state index contributed by atoms with van der Waals surface area (Å²) in [6.45, 7) is 2.89. The normalized spacial score (nSPS) is 17.1. The highest BCUT2D eigenvalue weighted by atomic mass is 16.5. The third-order valence-electron chi connectivity index (χ3n) is 3.46. The Morgan fingerprint density at radius 2 is 2.37 bits per heavy atom. The van der Waals surface area contributed by atoms with E-state index in [2.05, 4.69) is 12.2 Å². The lowest BCUT2D eigenvalue weighted by Gasteiger charge is -2.09. The van der Waals surface area contributed by atoms with Gasteiger partial charge in [-0.05, 0) is 42.5 Å². The van der Waals surface area contributed by atoms with Crippen LogP contribution < -0.4 is 15.8 Å². The molecule has 0 saturated carbocycles. The van der Waals surface area contributed by atoms with E-state index in [4.69, 9.17) is 10.5 Å². The fourth-order valence-corrected chi connectivity index (χ4v) is 2.32. The van der Waals surface area contributed by atoms with Gasteiger partial charge in [0.25, 0.3) is 5.91 Å². The molecule has 0 fully saturated rings. The van der Waals surface area contributed by atoms with E-state index in [-0.39, 0.29) is 18.6 Å². The first-order chi connectivity index (χ1) is 9.20. The zero-order chi connectivity index (χ0) is 13.7. The molecule has 2 rings (SSSR count). The number of nitrogens with two attached hydrogens (primary N) is 1. The van der Waals surface area contributed by atoms with Crippen molar-refractivity contribution in [3.63, 3.8) is 0 Å². The largest absolute Gasteiger partial charge is 0.484 e. The zero-order valence-corrected chi connectivity index (χ0v) is 11.4. The second-order valence-electron chi connectivity index (χ2n) is 5.00. The Morgan fingerprint density at radius 3 is 3.16 bits per heavy atom. The van der Waals surface area contributed by atoms with E-state index in [0.717, 1.165) is 38.0 Å². The van der Waals surface area contributed by atoms with E-state index in [1.165, 1.54) is 11.1 Å². The van der Waals surface area contributed by atoms with Crippen molar-refractivity contribution in [1.82, 2.24) is 5.32 Å². The Hall–Kier alpha value is -1.55. The van der Waals surface area contributed by atoms with Crippen molar-refractivity contribution in [2.45, 2.75) is 38.6 Å². The monoisotopic (exact) mass is 262 g/mol. The lowest BCUT2D eigenvalue weighted by molar-refractivity contribution is -0.123. The topological polar surface area (TPSA) is 64.3 Å². The van der Waals surface area contributed by atoms with Gasteiger partial charge in [0.15, 0.2) is 6.61 Å². The van der Waals surface area contributed by atoms with Gasteiger partial charge in [-0.25, -0.2) is 0 Å². The van der Waals surface area contributed by atoms with Crippen LogP contribution >= 0.6 is 0 Å². The van der Waals surface area contributed by atoms with Gasteiger partial charge in [-0.1, -0.05) is 19.4 Å². The Balaban J connectivity index is 1.82. The summed E-state index contributed by atoms with van der Waals surface area (Å²) in [6, 6.07) is 6.06. The van der Waals surface area contributed by atoms with Crippen LogP contribution in [0.25, 0.3) is 0 Å². The summed E-state index contributed by atoms with van der Waals surface area (Å²) in [6.07, 6.45) is 4.07. The molecular formula is C15H22N2O2. The van der Waals surface area contributed by atoms with Crippen molar-refractivity contribution in [2.75, 3.05) is 13.2 Å². The maximum atomic E-state index is 11.5. The van der Waals surface area contributed by atoms with Crippen LogP contribution in [0, 0.1) is 0 Å². The number of unbranched alkanes of at least 4 members (excludes halogenated alkanes) is 1. The first-order valence-electron chi connectivity index (χ1n) is 6.98. The molecule has 1 aliphatic rings. The average molecular weight is 262 g/mol. The van der Waals surface area contributed by atoms with Gasteiger partial charge in [0.05, 0.1) is 0 Å². The van der Waals surface area contributed by atoms with Gasteiger partial charge in [-0.3, -0.25) is 4.79 Å². The second kappa shape index (κ2) is 6.57. The molecule has 0 heterocycles. The van der Waals surface area contributed by atoms with Gasteiger partial charge in [0.2, 0.25) is 0 Å². The highest BCUT2D eigenvalue weighted by Gasteiger charge is 2.19. The number of nitrogens with one attached hydrogen (secondary N) is 1. The van der Waals surface area contributed by atoms with Crippen LogP contribution in [0.5, 0.6) is 5.75 Å². The molecule has 1 amide bonds. The molecule has 0 spiro atoms. The van der Waals surface area contributed by atoms with Crippen LogP contribution in [0.4, 0.5) is 0 Å². The summed E-state index contributed by atoms with van der Waals surface area (Å²) >= 11 is 0. The summed E-state index contributed by atoms with van der Waals surface area (Å²) < 4.78 is 5.51. The molecule has 0 bridgehead atoms. The van der Waals surface area contributed by atoms with Gasteiger partial charge >= 0.3 is 0 Å². The Morgan fingerprint density at radius 1 is 1.53 bits per heavy atom. The molecule has 0 aromatic heterocycles. The molecule has 19 heavy (non-hydrogen) atoms. The minimum Gasteiger partial charge on any atom is -0.484 e. The van der Waals surface area contributed by atoms with E-state index in [1.54, 1.807) is 0 Å². The van der Waals surface area contributed by atoms with Crippen LogP contribution in [0.3, 0.4) is 0 Å². The van der Waals surface area contributed by atoms with Gasteiger partial charge in [0, 0.05) is 12.6 Å². The number of benzene rings is 1. The third-order valence-corrected chi connectivity index (χ3v) is 3.46. The molecule has 3 N–H and O–H groups in total. The van der Waals surface area contributed by atoms with Crippen molar-refractivity contribution in [2.24, 2.45) is 5.73 Å². The number of aryl methyl sites for hydroxylation is 1. The minimum absolute atomic E-state index is 0.0642. The number of rotatable bonds is 6. The lowest BCUT2D eigenvalue weighted by atomic mass is 10.1. The van der Waals surface area contributed by atoms with Crippen molar-refractivity contribution in [1.29, 1.82) is 0 Å². The van der Waals surface area contributed by atoms with Crippen molar-refractivity contribution >= 4 is 5.91 Å². The molecule has 1 unspecified atom stereocenters. The standard InChI is InChI=1S/C15H22N2O2/c1-2-3-8-17-15(18)10-19-12-5-6-13-11(9-12)4-7-14(13)16/h5-6,9,14H,2-4,7-8,10,16H2,1H3,(H,17,18). The number of carbonyl (C=O) groups is 1. The van der Waals surface area contributed by atoms with Gasteiger partial charge in [0.1, 0.15) is 5.75 Å². The number of ether oxygens (including phenoxy) is 1. The van der Waals surface area contributed by atoms with Crippen LogP contribution in [0.1, 0.15) is 43.4 Å². The van der Waals surface area contributed by atoms with Crippen molar-refractivity contribution in [3.8, 4) is 5.75 Å². The molecule has 0 radical (unpaired) electrons. The number of fused-ring (bicyclic) bond motifs is 1. The Bertz CT molecular complexity index is 446. The first-order valence-corrected chi connectivity index (χ1v) is 6.98. The zero-order valence-electron chi connectivity index (χ0n) is 11.4. The van der Waals surface area contributed by atoms with Crippen molar-refractivity contribution in [3.05, 3.63) is 29.3 Å². The van der Waals surface area contributed by atoms with E-state index in [1.807, 2.05) is 18.2 Å². The minimum atomic E-state index is -0.0642. The predicted molar refractivity (Wildman–Crippen MR) is 75.1 cm³/mol. The number of carbonyl (C=O) groups excluding carboxylic acids is 1. The molecular weight excluding hydrogens is 240 g/mol. The fraction of sp³-hybridized carbons (Fsp3) is 0.533. The first kappa shape index (κ1) is 13.9. The molecule has 1 aromatic rings. The van der Waals surface area contributed by atoms with E-state index in [9.17, 15) is 4.79 Å². The smallest absolute Gasteiger partial charge is 0.257 e. The number of hydrogen-bond donors (Lipinski definition) is 2. The molecule has 1 aliphatic carbocycles. The van der Waals surface area contributed by atoms with E-state index < -0.39 is 0 Å². The molecule has 4 nitrogen and oxygen atoms in total. The van der Waals surface area contributed by atoms with E-state index in [0.29, 0.717) is 0 Å². The predicted octanol–water partition coefficient (Wildman–Crippen LogP) is 1.93. The van der Waals surface area contributed by atoms with Crippen LogP contribution in [0.15, 0.2) is 18.2 Å². The van der Waals surface area contributed by atoms with Crippen LogP contribution in [-0.2, 0) is 11.2 Å². The quantitative estimate of drug-likeness (QED) is 0.770. The molecule has 0 saturated heterocycles. The molecule has 0 aliphatic heterocycles. The highest BCUT2D eigenvalue weighted by molar-refractivity contribution is 5.77. The SMILES string of the molecule is CCCCNC(=O)COc1ccc2c(c1)CCC2N. The van der Waals surface area contributed by atoms with E-state index >= 15 is 0 Å². The summed E-state index contributed by atoms with van der Waals surface area (Å²) in [4.78, 5) is 11.5. The van der Waals surface area contributed by atoms with Crippen molar-refractivity contribution < 1.29 is 9.53 Å².